The number of aliphatic hydroxyl groups excluding tert-OH is 3. The van der Waals surface area contributed by atoms with Gasteiger partial charge in [0.25, 0.3) is 5.69 Å². The predicted octanol–water partition coefficient (Wildman–Crippen LogP) is -0.289. The molecule has 126 valence electrons. The number of non-ortho nitro benzene ring substituents is 1. The van der Waals surface area contributed by atoms with Crippen LogP contribution in [0.25, 0.3) is 0 Å². The normalized spacial score (nSPS) is 27.4. The third-order valence-electron chi connectivity index (χ3n) is 3.32. The van der Waals surface area contributed by atoms with E-state index in [2.05, 4.69) is 0 Å². The second-order valence-electron chi connectivity index (χ2n) is 4.86. The number of nitro groups is 2. The standard InChI is InChI=1S/C12H14N2O9/c15-5-10-12(17)8(16)4-11(23-10)22-9-2-1-6(13(18)19)3-7(9)14(20)21/h1-3,8,10-12,15-17H,4-5H2/t8-,10?,11-,12+/m1/s1. The third-order valence-corrected chi connectivity index (χ3v) is 3.32. The van der Waals surface area contributed by atoms with Gasteiger partial charge in [0.15, 0.2) is 0 Å². The zero-order valence-corrected chi connectivity index (χ0v) is 11.6. The van der Waals surface area contributed by atoms with Gasteiger partial charge in [0.1, 0.15) is 12.2 Å². The summed E-state index contributed by atoms with van der Waals surface area (Å²) in [6.07, 6.45) is -5.02. The van der Waals surface area contributed by atoms with Gasteiger partial charge >= 0.3 is 5.69 Å². The molecule has 1 aromatic rings. The van der Waals surface area contributed by atoms with Gasteiger partial charge in [0.05, 0.1) is 28.6 Å². The zero-order valence-electron chi connectivity index (χ0n) is 11.6. The van der Waals surface area contributed by atoms with Crippen molar-refractivity contribution >= 4 is 11.4 Å². The fourth-order valence-electron chi connectivity index (χ4n) is 2.15. The fourth-order valence-corrected chi connectivity index (χ4v) is 2.15. The smallest absolute Gasteiger partial charge is 0.317 e. The topological polar surface area (TPSA) is 165 Å². The number of benzene rings is 1. The first-order valence-electron chi connectivity index (χ1n) is 6.55. The highest BCUT2D eigenvalue weighted by atomic mass is 16.7. The lowest BCUT2D eigenvalue weighted by molar-refractivity contribution is -0.395. The highest BCUT2D eigenvalue weighted by molar-refractivity contribution is 5.53. The van der Waals surface area contributed by atoms with Crippen LogP contribution < -0.4 is 4.74 Å². The average Bonchev–Trinajstić information content (AvgIpc) is 2.50. The molecule has 3 N–H and O–H groups in total. The van der Waals surface area contributed by atoms with E-state index in [1.807, 2.05) is 0 Å². The van der Waals surface area contributed by atoms with E-state index in [-0.39, 0.29) is 12.2 Å². The van der Waals surface area contributed by atoms with Crippen molar-refractivity contribution in [2.75, 3.05) is 6.61 Å². The molecule has 0 aliphatic carbocycles. The minimum atomic E-state index is -1.31. The molecule has 0 amide bonds. The maximum Gasteiger partial charge on any atom is 0.317 e. The zero-order chi connectivity index (χ0) is 17.1. The average molecular weight is 330 g/mol. The molecule has 0 bridgehead atoms. The number of hydrogen-bond acceptors (Lipinski definition) is 9. The summed E-state index contributed by atoms with van der Waals surface area (Å²) in [5.41, 5.74) is -1.11. The van der Waals surface area contributed by atoms with E-state index in [0.29, 0.717) is 0 Å². The van der Waals surface area contributed by atoms with Gasteiger partial charge < -0.3 is 24.8 Å². The highest BCUT2D eigenvalue weighted by Crippen LogP contribution is 2.33. The monoisotopic (exact) mass is 330 g/mol. The third kappa shape index (κ3) is 3.71. The molecular weight excluding hydrogens is 316 g/mol. The number of nitro benzene ring substituents is 2. The molecule has 1 fully saturated rings. The molecule has 4 atom stereocenters. The molecule has 1 heterocycles. The van der Waals surface area contributed by atoms with Crippen molar-refractivity contribution in [1.82, 2.24) is 0 Å². The van der Waals surface area contributed by atoms with Gasteiger partial charge in [0.2, 0.25) is 12.0 Å². The highest BCUT2D eigenvalue weighted by Gasteiger charge is 2.38. The van der Waals surface area contributed by atoms with Gasteiger partial charge in [-0.2, -0.15) is 0 Å². The van der Waals surface area contributed by atoms with Crippen LogP contribution in [0.5, 0.6) is 5.75 Å². The summed E-state index contributed by atoms with van der Waals surface area (Å²) >= 11 is 0. The molecule has 0 radical (unpaired) electrons. The first-order valence-corrected chi connectivity index (χ1v) is 6.55. The van der Waals surface area contributed by atoms with Crippen molar-refractivity contribution < 1.29 is 34.6 Å². The summed E-state index contributed by atoms with van der Waals surface area (Å²) in [4.78, 5) is 20.0. The van der Waals surface area contributed by atoms with Gasteiger partial charge in [0, 0.05) is 12.5 Å². The van der Waals surface area contributed by atoms with E-state index in [4.69, 9.17) is 14.6 Å². The fraction of sp³-hybridized carbons (Fsp3) is 0.500. The number of aliphatic hydroxyl groups is 3. The molecule has 1 aromatic carbocycles. The molecular formula is C12H14N2O9. The van der Waals surface area contributed by atoms with Crippen molar-refractivity contribution in [2.45, 2.75) is 31.0 Å². The lowest BCUT2D eigenvalue weighted by atomic mass is 10.0. The van der Waals surface area contributed by atoms with Crippen LogP contribution in [-0.4, -0.2) is 56.4 Å². The minimum absolute atomic E-state index is 0.189. The van der Waals surface area contributed by atoms with Gasteiger partial charge in [-0.3, -0.25) is 20.2 Å². The van der Waals surface area contributed by atoms with Crippen molar-refractivity contribution in [3.63, 3.8) is 0 Å². The lowest BCUT2D eigenvalue weighted by Crippen LogP contribution is -2.51. The van der Waals surface area contributed by atoms with Crippen LogP contribution in [0.15, 0.2) is 18.2 Å². The quantitative estimate of drug-likeness (QED) is 0.485. The summed E-state index contributed by atoms with van der Waals surface area (Å²) in [5, 5.41) is 50.0. The Labute approximate surface area is 129 Å². The van der Waals surface area contributed by atoms with Crippen LogP contribution in [0.2, 0.25) is 0 Å². The van der Waals surface area contributed by atoms with Crippen LogP contribution >= 0.6 is 0 Å². The van der Waals surface area contributed by atoms with Crippen LogP contribution in [-0.2, 0) is 4.74 Å². The van der Waals surface area contributed by atoms with Crippen molar-refractivity contribution in [3.8, 4) is 5.75 Å². The number of rotatable bonds is 5. The maximum absolute atomic E-state index is 11.0. The van der Waals surface area contributed by atoms with E-state index < -0.39 is 52.4 Å². The Kier molecular flexibility index (Phi) is 5.05. The second kappa shape index (κ2) is 6.83. The summed E-state index contributed by atoms with van der Waals surface area (Å²) in [7, 11) is 0. The Morgan fingerprint density at radius 3 is 2.52 bits per heavy atom. The summed E-state index contributed by atoms with van der Waals surface area (Å²) in [6.45, 7) is -0.583. The molecule has 1 unspecified atom stereocenters. The van der Waals surface area contributed by atoms with E-state index in [0.717, 1.165) is 18.2 Å². The van der Waals surface area contributed by atoms with Gasteiger partial charge in [-0.25, -0.2) is 0 Å². The molecule has 2 rings (SSSR count). The van der Waals surface area contributed by atoms with Crippen molar-refractivity contribution in [3.05, 3.63) is 38.4 Å². The molecule has 11 heteroatoms. The molecule has 23 heavy (non-hydrogen) atoms. The molecule has 0 saturated carbocycles. The Hall–Kier alpha value is -2.34. The lowest BCUT2D eigenvalue weighted by Gasteiger charge is -2.35. The van der Waals surface area contributed by atoms with E-state index in [9.17, 15) is 30.4 Å². The SMILES string of the molecule is O=[N+]([O-])c1ccc(O[C@H]2C[C@@H](O)[C@H](O)C(CO)O2)c([N+](=O)[O-])c1. The van der Waals surface area contributed by atoms with Gasteiger partial charge in [-0.1, -0.05) is 0 Å². The van der Waals surface area contributed by atoms with Gasteiger partial charge in [-0.15, -0.1) is 0 Å². The van der Waals surface area contributed by atoms with Crippen molar-refractivity contribution in [2.24, 2.45) is 0 Å². The first-order chi connectivity index (χ1) is 10.8. The first kappa shape index (κ1) is 17.0. The molecule has 0 aromatic heterocycles. The minimum Gasteiger partial charge on any atom is -0.458 e. The number of nitrogens with zero attached hydrogens (tertiary/aromatic N) is 2. The van der Waals surface area contributed by atoms with Gasteiger partial charge in [-0.05, 0) is 6.07 Å². The van der Waals surface area contributed by atoms with E-state index in [1.165, 1.54) is 0 Å². The molecule has 1 aliphatic heterocycles. The van der Waals surface area contributed by atoms with Crippen LogP contribution in [0.3, 0.4) is 0 Å². The summed E-state index contributed by atoms with van der Waals surface area (Å²) in [5.74, 6) is -0.286. The van der Waals surface area contributed by atoms with Crippen LogP contribution in [0.4, 0.5) is 11.4 Å². The second-order valence-corrected chi connectivity index (χ2v) is 4.86. The summed E-state index contributed by atoms with van der Waals surface area (Å²) in [6, 6.07) is 2.82. The van der Waals surface area contributed by atoms with E-state index in [1.54, 1.807) is 0 Å². The molecule has 1 aliphatic rings. The molecule has 0 spiro atoms. The molecule has 1 saturated heterocycles. The Morgan fingerprint density at radius 1 is 1.26 bits per heavy atom. The largest absolute Gasteiger partial charge is 0.458 e. The van der Waals surface area contributed by atoms with Crippen LogP contribution in [0, 0.1) is 20.2 Å². The number of hydrogen-bond donors (Lipinski definition) is 3. The van der Waals surface area contributed by atoms with E-state index >= 15 is 0 Å². The van der Waals surface area contributed by atoms with Crippen LogP contribution in [0.1, 0.15) is 6.42 Å². The Morgan fingerprint density at radius 2 is 1.96 bits per heavy atom. The predicted molar refractivity (Wildman–Crippen MR) is 72.8 cm³/mol. The summed E-state index contributed by atoms with van der Waals surface area (Å²) < 4.78 is 10.5. The number of ether oxygens (including phenoxy) is 2. The Bertz CT molecular complexity index is 608. The molecule has 11 nitrogen and oxygen atoms in total. The maximum atomic E-state index is 11.0. The van der Waals surface area contributed by atoms with Crippen molar-refractivity contribution in [1.29, 1.82) is 0 Å². The Balaban J connectivity index is 2.22.